The minimum absolute atomic E-state index is 0.0537. The van der Waals surface area contributed by atoms with Crippen molar-refractivity contribution >= 4 is 33.2 Å². The van der Waals surface area contributed by atoms with E-state index in [0.29, 0.717) is 25.1 Å². The van der Waals surface area contributed by atoms with Crippen molar-refractivity contribution in [1.82, 2.24) is 14.1 Å². The Morgan fingerprint density at radius 3 is 2.50 bits per heavy atom. The second-order valence-electron chi connectivity index (χ2n) is 7.64. The molecule has 4 rings (SSSR count). The average Bonchev–Trinajstić information content (AvgIpc) is 3.30. The van der Waals surface area contributed by atoms with Crippen molar-refractivity contribution in [2.45, 2.75) is 24.3 Å². The fourth-order valence-electron chi connectivity index (χ4n) is 3.66. The van der Waals surface area contributed by atoms with Crippen LogP contribution in [0.3, 0.4) is 0 Å². The van der Waals surface area contributed by atoms with Crippen molar-refractivity contribution in [1.29, 1.82) is 0 Å². The van der Waals surface area contributed by atoms with E-state index in [1.165, 1.54) is 10.4 Å². The molecule has 0 atom stereocenters. The summed E-state index contributed by atoms with van der Waals surface area (Å²) in [6.45, 7) is 1.06. The molecule has 1 N–H and O–H groups in total. The Kier molecular flexibility index (Phi) is 6.59. The number of nitrogens with zero attached hydrogens (tertiary/aromatic N) is 3. The van der Waals surface area contributed by atoms with E-state index in [2.05, 4.69) is 10.4 Å². The lowest BCUT2D eigenvalue weighted by molar-refractivity contribution is -0.120. The molecular formula is C22H22ClFN4O3S. The highest BCUT2D eigenvalue weighted by atomic mass is 35.5. The molecule has 0 saturated carbocycles. The number of rotatable bonds is 6. The van der Waals surface area contributed by atoms with Crippen LogP contribution in [0.15, 0.2) is 65.8 Å². The topological polar surface area (TPSA) is 84.3 Å². The van der Waals surface area contributed by atoms with Crippen LogP contribution in [0, 0.1) is 11.7 Å². The first-order valence-electron chi connectivity index (χ1n) is 10.2. The fourth-order valence-corrected chi connectivity index (χ4v) is 5.41. The zero-order chi connectivity index (χ0) is 22.7. The molecule has 3 aromatic rings. The summed E-state index contributed by atoms with van der Waals surface area (Å²) < 4.78 is 42.1. The molecule has 0 unspecified atom stereocenters. The number of anilines is 1. The number of carbonyl (C=O) groups is 1. The number of nitrogens with one attached hydrogen (secondary N) is 1. The summed E-state index contributed by atoms with van der Waals surface area (Å²) in [6.07, 6.45) is 4.40. The van der Waals surface area contributed by atoms with Crippen molar-refractivity contribution in [2.24, 2.45) is 5.92 Å². The Morgan fingerprint density at radius 2 is 1.88 bits per heavy atom. The normalized spacial score (nSPS) is 15.6. The highest BCUT2D eigenvalue weighted by Gasteiger charge is 2.32. The van der Waals surface area contributed by atoms with Crippen LogP contribution in [0.2, 0.25) is 5.02 Å². The van der Waals surface area contributed by atoms with Gasteiger partial charge in [0, 0.05) is 37.1 Å². The van der Waals surface area contributed by atoms with E-state index >= 15 is 0 Å². The van der Waals surface area contributed by atoms with Gasteiger partial charge in [-0.15, -0.1) is 0 Å². The summed E-state index contributed by atoms with van der Waals surface area (Å²) in [7, 11) is -3.79. The number of hydrogen-bond acceptors (Lipinski definition) is 4. The molecule has 1 fully saturated rings. The maximum atomic E-state index is 13.4. The molecule has 10 heteroatoms. The number of benzene rings is 2. The zero-order valence-corrected chi connectivity index (χ0v) is 18.7. The van der Waals surface area contributed by atoms with Crippen LogP contribution in [-0.2, 0) is 21.4 Å². The molecule has 0 bridgehead atoms. The number of hydrogen-bond donors (Lipinski definition) is 1. The third-order valence-electron chi connectivity index (χ3n) is 5.48. The van der Waals surface area contributed by atoms with Gasteiger partial charge in [0.25, 0.3) is 0 Å². The van der Waals surface area contributed by atoms with Crippen LogP contribution in [-0.4, -0.2) is 41.5 Å². The van der Waals surface area contributed by atoms with Crippen LogP contribution in [0.1, 0.15) is 18.4 Å². The zero-order valence-electron chi connectivity index (χ0n) is 17.1. The first-order valence-corrected chi connectivity index (χ1v) is 12.0. The molecule has 32 heavy (non-hydrogen) atoms. The van der Waals surface area contributed by atoms with Gasteiger partial charge in [-0.25, -0.2) is 12.8 Å². The summed E-state index contributed by atoms with van der Waals surface area (Å²) in [4.78, 5) is 12.6. The van der Waals surface area contributed by atoms with Gasteiger partial charge >= 0.3 is 0 Å². The standard InChI is InChI=1S/C22H22ClFN4O3S/c23-20-14-19(6-7-21(20)24)32(30,31)28-12-8-17(9-13-28)22(29)26-18-4-2-16(3-5-18)15-27-11-1-10-25-27/h1-7,10-11,14,17H,8-9,12-13,15H2,(H,26,29). The van der Waals surface area contributed by atoms with Crippen LogP contribution in [0.25, 0.3) is 0 Å². The highest BCUT2D eigenvalue weighted by molar-refractivity contribution is 7.89. The first-order chi connectivity index (χ1) is 15.3. The fraction of sp³-hybridized carbons (Fsp3) is 0.273. The maximum absolute atomic E-state index is 13.4. The lowest BCUT2D eigenvalue weighted by Gasteiger charge is -2.30. The largest absolute Gasteiger partial charge is 0.326 e. The summed E-state index contributed by atoms with van der Waals surface area (Å²) >= 11 is 5.73. The van der Waals surface area contributed by atoms with E-state index in [1.54, 1.807) is 6.20 Å². The molecule has 0 aliphatic carbocycles. The van der Waals surface area contributed by atoms with Gasteiger partial charge in [0.1, 0.15) is 5.82 Å². The molecule has 168 valence electrons. The smallest absolute Gasteiger partial charge is 0.243 e. The third kappa shape index (κ3) is 5.01. The lowest BCUT2D eigenvalue weighted by Crippen LogP contribution is -2.41. The minimum Gasteiger partial charge on any atom is -0.326 e. The summed E-state index contributed by atoms with van der Waals surface area (Å²) in [5, 5.41) is 6.84. The van der Waals surface area contributed by atoms with Crippen molar-refractivity contribution < 1.29 is 17.6 Å². The number of halogens is 2. The van der Waals surface area contributed by atoms with Gasteiger partial charge in [-0.05, 0) is 54.8 Å². The predicted octanol–water partition coefficient (Wildman–Crippen LogP) is 3.76. The van der Waals surface area contributed by atoms with Crippen molar-refractivity contribution in [3.8, 4) is 0 Å². The van der Waals surface area contributed by atoms with Crippen LogP contribution < -0.4 is 5.32 Å². The van der Waals surface area contributed by atoms with E-state index in [9.17, 15) is 17.6 Å². The number of aromatic nitrogens is 2. The van der Waals surface area contributed by atoms with E-state index in [4.69, 9.17) is 11.6 Å². The summed E-state index contributed by atoms with van der Waals surface area (Å²) in [6, 6.07) is 12.8. The van der Waals surface area contributed by atoms with E-state index < -0.39 is 15.8 Å². The second kappa shape index (κ2) is 9.40. The minimum atomic E-state index is -3.79. The maximum Gasteiger partial charge on any atom is 0.243 e. The van der Waals surface area contributed by atoms with E-state index in [0.717, 1.165) is 17.7 Å². The molecule has 2 aromatic carbocycles. The van der Waals surface area contributed by atoms with Gasteiger partial charge in [0.05, 0.1) is 16.5 Å². The lowest BCUT2D eigenvalue weighted by atomic mass is 9.97. The Balaban J connectivity index is 1.32. The van der Waals surface area contributed by atoms with Crippen molar-refractivity contribution in [2.75, 3.05) is 18.4 Å². The quantitative estimate of drug-likeness (QED) is 0.587. The van der Waals surface area contributed by atoms with Gasteiger partial charge < -0.3 is 5.32 Å². The number of amides is 1. The van der Waals surface area contributed by atoms with Gasteiger partial charge in [-0.1, -0.05) is 23.7 Å². The molecule has 1 aliphatic heterocycles. The number of piperidine rings is 1. The number of carbonyl (C=O) groups excluding carboxylic acids is 1. The molecule has 2 heterocycles. The SMILES string of the molecule is O=C(Nc1ccc(Cn2cccn2)cc1)C1CCN(S(=O)(=O)c2ccc(F)c(Cl)c2)CC1. The van der Waals surface area contributed by atoms with Crippen molar-refractivity contribution in [3.63, 3.8) is 0 Å². The molecule has 1 aliphatic rings. The summed E-state index contributed by atoms with van der Waals surface area (Å²) in [5.41, 5.74) is 1.75. The predicted molar refractivity (Wildman–Crippen MR) is 119 cm³/mol. The third-order valence-corrected chi connectivity index (χ3v) is 7.66. The first kappa shape index (κ1) is 22.4. The van der Waals surface area contributed by atoms with E-state index in [1.807, 2.05) is 41.2 Å². The van der Waals surface area contributed by atoms with Crippen molar-refractivity contribution in [3.05, 3.63) is 77.3 Å². The van der Waals surface area contributed by atoms with Gasteiger partial charge in [-0.3, -0.25) is 9.48 Å². The molecule has 0 radical (unpaired) electrons. The Hall–Kier alpha value is -2.75. The van der Waals surface area contributed by atoms with Crippen LogP contribution in [0.5, 0.6) is 0 Å². The van der Waals surface area contributed by atoms with E-state index in [-0.39, 0.29) is 34.8 Å². The van der Waals surface area contributed by atoms with Gasteiger partial charge in [0.2, 0.25) is 15.9 Å². The molecular weight excluding hydrogens is 455 g/mol. The second-order valence-corrected chi connectivity index (χ2v) is 9.99. The number of sulfonamides is 1. The van der Waals surface area contributed by atoms with Crippen LogP contribution >= 0.6 is 11.6 Å². The molecule has 7 nitrogen and oxygen atoms in total. The molecule has 1 aromatic heterocycles. The van der Waals surface area contributed by atoms with Gasteiger partial charge in [-0.2, -0.15) is 9.40 Å². The van der Waals surface area contributed by atoms with Gasteiger partial charge in [0.15, 0.2) is 0 Å². The monoisotopic (exact) mass is 476 g/mol. The molecule has 0 spiro atoms. The highest BCUT2D eigenvalue weighted by Crippen LogP contribution is 2.27. The van der Waals surface area contributed by atoms with Crippen LogP contribution in [0.4, 0.5) is 10.1 Å². The Bertz CT molecular complexity index is 1190. The molecule has 1 saturated heterocycles. The average molecular weight is 477 g/mol. The Morgan fingerprint density at radius 1 is 1.16 bits per heavy atom. The Labute approximate surface area is 190 Å². The summed E-state index contributed by atoms with van der Waals surface area (Å²) in [5.74, 6) is -1.09. The molecule has 1 amide bonds.